The van der Waals surface area contributed by atoms with Crippen molar-refractivity contribution in [1.29, 1.82) is 0 Å². The van der Waals surface area contributed by atoms with E-state index in [0.29, 0.717) is 0 Å². The maximum Gasteiger partial charge on any atom is 0.321 e. The average molecular weight is 227 g/mol. The zero-order valence-electron chi connectivity index (χ0n) is 9.10. The highest BCUT2D eigenvalue weighted by Crippen LogP contribution is 2.14. The molecule has 0 saturated heterocycles. The van der Waals surface area contributed by atoms with E-state index in [2.05, 4.69) is 14.7 Å². The van der Waals surface area contributed by atoms with Gasteiger partial charge in [-0.25, -0.2) is 0 Å². The van der Waals surface area contributed by atoms with Crippen molar-refractivity contribution in [3.8, 4) is 11.9 Å². The Morgan fingerprint density at radius 1 is 1.44 bits per heavy atom. The monoisotopic (exact) mass is 227 g/mol. The summed E-state index contributed by atoms with van der Waals surface area (Å²) in [5.74, 6) is 0.161. The molecule has 7 heteroatoms. The fourth-order valence-corrected chi connectivity index (χ4v) is 0.918. The predicted molar refractivity (Wildman–Crippen MR) is 55.1 cm³/mol. The second-order valence-corrected chi connectivity index (χ2v) is 2.81. The molecule has 0 bridgehead atoms. The highest BCUT2D eigenvalue weighted by Gasteiger charge is 2.03. The first kappa shape index (κ1) is 12.0. The summed E-state index contributed by atoms with van der Waals surface area (Å²) in [6, 6.07) is 1.58. The molecular weight excluding hydrogens is 214 g/mol. The number of aromatic nitrogens is 2. The summed E-state index contributed by atoms with van der Waals surface area (Å²) >= 11 is 0. The van der Waals surface area contributed by atoms with Crippen LogP contribution < -0.4 is 15.2 Å². The lowest BCUT2D eigenvalue weighted by atomic mass is 10.5. The fourth-order valence-electron chi connectivity index (χ4n) is 0.918. The summed E-state index contributed by atoms with van der Waals surface area (Å²) in [6.07, 6.45) is 0. The largest absolute Gasteiger partial charge is 0.474 e. The molecule has 2 N–H and O–H groups in total. The number of nitrogens with two attached hydrogens (primary N) is 1. The van der Waals surface area contributed by atoms with Gasteiger partial charge in [0, 0.05) is 13.0 Å². The summed E-state index contributed by atoms with van der Waals surface area (Å²) in [5.41, 5.74) is 5.49. The van der Waals surface area contributed by atoms with Gasteiger partial charge < -0.3 is 19.9 Å². The lowest BCUT2D eigenvalue weighted by molar-refractivity contribution is -0.141. The van der Waals surface area contributed by atoms with Gasteiger partial charge >= 0.3 is 12.0 Å². The quantitative estimate of drug-likeness (QED) is 0.559. The van der Waals surface area contributed by atoms with Gasteiger partial charge in [0.25, 0.3) is 0 Å². The van der Waals surface area contributed by atoms with Crippen LogP contribution in [0.4, 0.5) is 5.82 Å². The van der Waals surface area contributed by atoms with E-state index in [-0.39, 0.29) is 36.9 Å². The Kier molecular flexibility index (Phi) is 4.31. The van der Waals surface area contributed by atoms with Crippen LogP contribution in [0.25, 0.3) is 0 Å². The van der Waals surface area contributed by atoms with Crippen LogP contribution in [0, 0.1) is 0 Å². The molecule has 0 aliphatic heterocycles. The second-order valence-electron chi connectivity index (χ2n) is 2.81. The summed E-state index contributed by atoms with van der Waals surface area (Å²) < 4.78 is 14.7. The van der Waals surface area contributed by atoms with Gasteiger partial charge in [-0.3, -0.25) is 4.79 Å². The molecule has 0 unspecified atom stereocenters. The SMILES string of the molecule is COc1nc(N)cc(OCCOC(C)=O)n1. The second kappa shape index (κ2) is 5.74. The van der Waals surface area contributed by atoms with Gasteiger partial charge in [0.15, 0.2) is 0 Å². The third-order valence-electron chi connectivity index (χ3n) is 1.52. The molecule has 0 radical (unpaired) electrons. The van der Waals surface area contributed by atoms with Gasteiger partial charge in [0.2, 0.25) is 5.88 Å². The van der Waals surface area contributed by atoms with Gasteiger partial charge in [-0.05, 0) is 0 Å². The van der Waals surface area contributed by atoms with Crippen LogP contribution in [0.1, 0.15) is 6.92 Å². The number of hydrogen-bond donors (Lipinski definition) is 1. The number of methoxy groups -OCH3 is 1. The number of ether oxygens (including phenoxy) is 3. The Bertz CT molecular complexity index is 370. The van der Waals surface area contributed by atoms with Crippen LogP contribution in [-0.2, 0) is 9.53 Å². The number of anilines is 1. The van der Waals surface area contributed by atoms with Gasteiger partial charge in [-0.15, -0.1) is 0 Å². The van der Waals surface area contributed by atoms with Gasteiger partial charge in [-0.2, -0.15) is 9.97 Å². The average Bonchev–Trinajstić information content (AvgIpc) is 2.23. The van der Waals surface area contributed by atoms with E-state index in [1.54, 1.807) is 0 Å². The molecule has 1 aromatic heterocycles. The molecule has 0 amide bonds. The molecule has 0 saturated carbocycles. The minimum absolute atomic E-state index is 0.127. The molecule has 1 aromatic rings. The number of carbonyl (C=O) groups excluding carboxylic acids is 1. The number of esters is 1. The normalized spacial score (nSPS) is 9.62. The molecule has 0 fully saturated rings. The number of nitrogen functional groups attached to an aromatic ring is 1. The molecule has 7 nitrogen and oxygen atoms in total. The first-order valence-electron chi connectivity index (χ1n) is 4.56. The van der Waals surface area contributed by atoms with Crippen molar-refractivity contribution in [3.63, 3.8) is 0 Å². The first-order valence-corrected chi connectivity index (χ1v) is 4.56. The molecule has 1 rings (SSSR count). The minimum atomic E-state index is -0.358. The van der Waals surface area contributed by atoms with Crippen LogP contribution >= 0.6 is 0 Å². The molecule has 0 spiro atoms. The maximum absolute atomic E-state index is 10.5. The zero-order valence-corrected chi connectivity index (χ0v) is 9.10. The highest BCUT2D eigenvalue weighted by atomic mass is 16.6. The molecule has 0 aliphatic rings. The van der Waals surface area contributed by atoms with Crippen molar-refractivity contribution in [2.24, 2.45) is 0 Å². The van der Waals surface area contributed by atoms with E-state index in [1.165, 1.54) is 20.1 Å². The van der Waals surface area contributed by atoms with Crippen molar-refractivity contribution in [3.05, 3.63) is 6.07 Å². The maximum atomic E-state index is 10.5. The Morgan fingerprint density at radius 3 is 2.81 bits per heavy atom. The lowest BCUT2D eigenvalue weighted by Crippen LogP contribution is -2.10. The van der Waals surface area contributed by atoms with Gasteiger partial charge in [0.05, 0.1) is 7.11 Å². The molecular formula is C9H13N3O4. The fraction of sp³-hybridized carbons (Fsp3) is 0.444. The summed E-state index contributed by atoms with van der Waals surface area (Å²) in [4.78, 5) is 18.1. The first-order chi connectivity index (χ1) is 7.61. The molecule has 0 aliphatic carbocycles. The standard InChI is InChI=1S/C9H13N3O4/c1-6(13)15-3-4-16-8-5-7(10)11-9(12-8)14-2/h5H,3-4H2,1-2H3,(H2,10,11,12). The minimum Gasteiger partial charge on any atom is -0.474 e. The number of nitrogens with zero attached hydrogens (tertiary/aromatic N) is 2. The Hall–Kier alpha value is -2.05. The van der Waals surface area contributed by atoms with Gasteiger partial charge in [0.1, 0.15) is 19.0 Å². The zero-order chi connectivity index (χ0) is 12.0. The van der Waals surface area contributed by atoms with E-state index < -0.39 is 0 Å². The lowest BCUT2D eigenvalue weighted by Gasteiger charge is -2.06. The number of carbonyl (C=O) groups is 1. The van der Waals surface area contributed by atoms with Crippen molar-refractivity contribution >= 4 is 11.8 Å². The van der Waals surface area contributed by atoms with E-state index in [9.17, 15) is 4.79 Å². The smallest absolute Gasteiger partial charge is 0.321 e. The van der Waals surface area contributed by atoms with Crippen molar-refractivity contribution in [2.75, 3.05) is 26.1 Å². The Morgan fingerprint density at radius 2 is 2.19 bits per heavy atom. The molecule has 1 heterocycles. The van der Waals surface area contributed by atoms with E-state index in [0.717, 1.165) is 0 Å². The third kappa shape index (κ3) is 3.99. The molecule has 16 heavy (non-hydrogen) atoms. The van der Waals surface area contributed by atoms with E-state index in [1.807, 2.05) is 0 Å². The number of hydrogen-bond acceptors (Lipinski definition) is 7. The summed E-state index contributed by atoms with van der Waals surface area (Å²) in [7, 11) is 1.43. The van der Waals surface area contributed by atoms with Crippen molar-refractivity contribution in [1.82, 2.24) is 9.97 Å². The van der Waals surface area contributed by atoms with Crippen LogP contribution in [0.5, 0.6) is 11.9 Å². The van der Waals surface area contributed by atoms with Crippen LogP contribution in [0.3, 0.4) is 0 Å². The van der Waals surface area contributed by atoms with Crippen LogP contribution in [-0.4, -0.2) is 36.3 Å². The summed E-state index contributed by atoms with van der Waals surface area (Å²) in [5, 5.41) is 0. The van der Waals surface area contributed by atoms with Crippen molar-refractivity contribution in [2.45, 2.75) is 6.92 Å². The van der Waals surface area contributed by atoms with E-state index in [4.69, 9.17) is 15.2 Å². The molecule has 0 atom stereocenters. The predicted octanol–water partition coefficient (Wildman–Crippen LogP) is 0.00930. The topological polar surface area (TPSA) is 96.6 Å². The Labute approximate surface area is 92.5 Å². The number of rotatable bonds is 5. The van der Waals surface area contributed by atoms with E-state index >= 15 is 0 Å². The summed E-state index contributed by atoms with van der Waals surface area (Å²) in [6.45, 7) is 1.67. The van der Waals surface area contributed by atoms with Crippen LogP contribution in [0.2, 0.25) is 0 Å². The van der Waals surface area contributed by atoms with Crippen LogP contribution in [0.15, 0.2) is 6.07 Å². The highest BCUT2D eigenvalue weighted by molar-refractivity contribution is 5.65. The van der Waals surface area contributed by atoms with Gasteiger partial charge in [-0.1, -0.05) is 0 Å². The molecule has 0 aromatic carbocycles. The molecule has 88 valence electrons. The van der Waals surface area contributed by atoms with Crippen molar-refractivity contribution < 1.29 is 19.0 Å². The third-order valence-corrected chi connectivity index (χ3v) is 1.52. The Balaban J connectivity index is 2.47.